The fraction of sp³-hybridized carbons (Fsp3) is 0.476. The van der Waals surface area contributed by atoms with Crippen molar-refractivity contribution >= 4 is 11.9 Å². The zero-order valence-electron chi connectivity index (χ0n) is 16.4. The van der Waals surface area contributed by atoms with Crippen molar-refractivity contribution in [3.05, 3.63) is 47.4 Å². The lowest BCUT2D eigenvalue weighted by Gasteiger charge is -2.30. The van der Waals surface area contributed by atoms with E-state index in [2.05, 4.69) is 15.4 Å². The van der Waals surface area contributed by atoms with Crippen molar-refractivity contribution < 1.29 is 14.3 Å². The lowest BCUT2D eigenvalue weighted by molar-refractivity contribution is -0.146. The first-order valence-electron chi connectivity index (χ1n) is 9.99. The molecule has 1 saturated carbocycles. The van der Waals surface area contributed by atoms with Crippen molar-refractivity contribution in [1.82, 2.24) is 14.8 Å². The summed E-state index contributed by atoms with van der Waals surface area (Å²) >= 11 is 0. The number of para-hydroxylation sites is 1. The van der Waals surface area contributed by atoms with E-state index in [-0.39, 0.29) is 12.1 Å². The highest BCUT2D eigenvalue weighted by molar-refractivity contribution is 5.92. The van der Waals surface area contributed by atoms with E-state index in [1.165, 1.54) is 12.7 Å². The van der Waals surface area contributed by atoms with E-state index >= 15 is 0 Å². The molecule has 0 spiro atoms. The normalized spacial score (nSPS) is 19.7. The van der Waals surface area contributed by atoms with Crippen molar-refractivity contribution in [2.45, 2.75) is 58.1 Å². The Hall–Kier alpha value is -2.83. The minimum absolute atomic E-state index is 0.0125. The Bertz CT molecular complexity index is 883. The van der Waals surface area contributed by atoms with E-state index in [0.717, 1.165) is 42.7 Å². The molecule has 1 unspecified atom stereocenters. The van der Waals surface area contributed by atoms with Crippen LogP contribution in [0, 0.1) is 0 Å². The molecule has 28 heavy (non-hydrogen) atoms. The number of allylic oxidation sites excluding steroid dienone is 1. The Balaban J connectivity index is 1.73. The van der Waals surface area contributed by atoms with Crippen LogP contribution in [0.4, 0.5) is 5.95 Å². The van der Waals surface area contributed by atoms with E-state index in [4.69, 9.17) is 9.47 Å². The fourth-order valence-corrected chi connectivity index (χ4v) is 4.03. The second-order valence-corrected chi connectivity index (χ2v) is 7.23. The van der Waals surface area contributed by atoms with Crippen molar-refractivity contribution in [2.75, 3.05) is 11.9 Å². The van der Waals surface area contributed by atoms with E-state index in [0.29, 0.717) is 18.1 Å². The van der Waals surface area contributed by atoms with Crippen LogP contribution in [0.25, 0.3) is 0 Å². The van der Waals surface area contributed by atoms with Crippen LogP contribution in [0.5, 0.6) is 5.75 Å². The summed E-state index contributed by atoms with van der Waals surface area (Å²) in [4.78, 5) is 17.5. The summed E-state index contributed by atoms with van der Waals surface area (Å²) < 4.78 is 13.5. The third kappa shape index (κ3) is 3.48. The molecule has 1 N–H and O–H groups in total. The standard InChI is InChI=1S/C21H26N4O3/c1-3-27-17-12-8-7-11-16(17)19-18(14(2)24-21-22-13-23-25(19)21)20(26)28-15-9-5-4-6-10-15/h7-8,11-13,15,19H,3-6,9-10H2,1-2H3,(H,22,23,24). The van der Waals surface area contributed by atoms with Gasteiger partial charge in [-0.1, -0.05) is 24.6 Å². The van der Waals surface area contributed by atoms with Crippen molar-refractivity contribution in [3.63, 3.8) is 0 Å². The van der Waals surface area contributed by atoms with Gasteiger partial charge in [0.05, 0.1) is 12.2 Å². The number of nitrogens with zero attached hydrogens (tertiary/aromatic N) is 3. The van der Waals surface area contributed by atoms with Crippen LogP contribution in [0.15, 0.2) is 41.9 Å². The quantitative estimate of drug-likeness (QED) is 0.792. The zero-order valence-corrected chi connectivity index (χ0v) is 16.4. The van der Waals surface area contributed by atoms with Crippen LogP contribution in [0.2, 0.25) is 0 Å². The monoisotopic (exact) mass is 382 g/mol. The van der Waals surface area contributed by atoms with Gasteiger partial charge in [-0.2, -0.15) is 10.1 Å². The number of rotatable bonds is 5. The minimum atomic E-state index is -0.447. The number of carbonyl (C=O) groups excluding carboxylic acids is 1. The summed E-state index contributed by atoms with van der Waals surface area (Å²) in [5.74, 6) is 1.03. The van der Waals surface area contributed by atoms with Gasteiger partial charge in [-0.3, -0.25) is 0 Å². The molecule has 1 aromatic heterocycles. The Morgan fingerprint density at radius 1 is 1.25 bits per heavy atom. The molecule has 2 aromatic rings. The van der Waals surface area contributed by atoms with Gasteiger partial charge in [-0.25, -0.2) is 9.48 Å². The van der Waals surface area contributed by atoms with Crippen LogP contribution < -0.4 is 10.1 Å². The van der Waals surface area contributed by atoms with Gasteiger partial charge in [-0.05, 0) is 45.6 Å². The first kappa shape index (κ1) is 18.5. The van der Waals surface area contributed by atoms with Crippen molar-refractivity contribution in [2.24, 2.45) is 0 Å². The van der Waals surface area contributed by atoms with Gasteiger partial charge < -0.3 is 14.8 Å². The summed E-state index contributed by atoms with van der Waals surface area (Å²) in [5.41, 5.74) is 2.15. The van der Waals surface area contributed by atoms with Gasteiger partial charge in [-0.15, -0.1) is 0 Å². The molecular formula is C21H26N4O3. The van der Waals surface area contributed by atoms with Crippen LogP contribution in [-0.4, -0.2) is 33.4 Å². The van der Waals surface area contributed by atoms with E-state index in [9.17, 15) is 4.79 Å². The summed E-state index contributed by atoms with van der Waals surface area (Å²) in [6.07, 6.45) is 6.77. The second kappa shape index (κ2) is 8.04. The molecule has 1 aromatic carbocycles. The number of aromatic nitrogens is 3. The number of hydrogen-bond donors (Lipinski definition) is 1. The number of benzene rings is 1. The Morgan fingerprint density at radius 2 is 2.04 bits per heavy atom. The molecule has 1 atom stereocenters. The average Bonchev–Trinajstić information content (AvgIpc) is 3.16. The molecule has 7 nitrogen and oxygen atoms in total. The molecule has 1 fully saturated rings. The molecule has 148 valence electrons. The van der Waals surface area contributed by atoms with Gasteiger partial charge in [0.15, 0.2) is 0 Å². The van der Waals surface area contributed by atoms with Gasteiger partial charge in [0, 0.05) is 11.3 Å². The number of fused-ring (bicyclic) bond motifs is 1. The second-order valence-electron chi connectivity index (χ2n) is 7.23. The van der Waals surface area contributed by atoms with Gasteiger partial charge in [0.25, 0.3) is 0 Å². The maximum Gasteiger partial charge on any atom is 0.338 e. The summed E-state index contributed by atoms with van der Waals surface area (Å²) in [5, 5.41) is 7.56. The number of carbonyl (C=O) groups is 1. The first-order valence-corrected chi connectivity index (χ1v) is 9.99. The first-order chi connectivity index (χ1) is 13.7. The van der Waals surface area contributed by atoms with Crippen LogP contribution in [0.3, 0.4) is 0 Å². The largest absolute Gasteiger partial charge is 0.494 e. The molecule has 4 rings (SSSR count). The van der Waals surface area contributed by atoms with Crippen molar-refractivity contribution in [3.8, 4) is 5.75 Å². The molecule has 1 aliphatic carbocycles. The molecule has 1 aliphatic heterocycles. The van der Waals surface area contributed by atoms with Gasteiger partial charge >= 0.3 is 5.97 Å². The average molecular weight is 382 g/mol. The number of nitrogens with one attached hydrogen (secondary N) is 1. The van der Waals surface area contributed by atoms with Gasteiger partial charge in [0.1, 0.15) is 24.2 Å². The smallest absolute Gasteiger partial charge is 0.338 e. The lowest BCUT2D eigenvalue weighted by atomic mass is 9.94. The number of anilines is 1. The summed E-state index contributed by atoms with van der Waals surface area (Å²) in [6, 6.07) is 7.30. The molecule has 0 saturated heterocycles. The SMILES string of the molecule is CCOc1ccccc1C1C(C(=O)OC2CCCCC2)=C(C)Nc2ncnn21. The highest BCUT2D eigenvalue weighted by Gasteiger charge is 2.36. The highest BCUT2D eigenvalue weighted by Crippen LogP contribution is 2.39. The van der Waals surface area contributed by atoms with Crippen molar-refractivity contribution in [1.29, 1.82) is 0 Å². The molecule has 2 aliphatic rings. The number of ether oxygens (including phenoxy) is 2. The maximum atomic E-state index is 13.2. The van der Waals surface area contributed by atoms with E-state index < -0.39 is 6.04 Å². The summed E-state index contributed by atoms with van der Waals surface area (Å²) in [7, 11) is 0. The van der Waals surface area contributed by atoms with Crippen LogP contribution in [-0.2, 0) is 9.53 Å². The maximum absolute atomic E-state index is 13.2. The fourth-order valence-electron chi connectivity index (χ4n) is 4.03. The molecule has 0 bridgehead atoms. The lowest BCUT2D eigenvalue weighted by Crippen LogP contribution is -2.32. The molecular weight excluding hydrogens is 356 g/mol. The Morgan fingerprint density at radius 3 is 2.82 bits per heavy atom. The third-order valence-corrected chi connectivity index (χ3v) is 5.35. The van der Waals surface area contributed by atoms with E-state index in [1.54, 1.807) is 4.68 Å². The number of esters is 1. The van der Waals surface area contributed by atoms with Gasteiger partial charge in [0.2, 0.25) is 5.95 Å². The topological polar surface area (TPSA) is 78.3 Å². The highest BCUT2D eigenvalue weighted by atomic mass is 16.5. The predicted octanol–water partition coefficient (Wildman–Crippen LogP) is 3.84. The van der Waals surface area contributed by atoms with E-state index in [1.807, 2.05) is 38.1 Å². The summed E-state index contributed by atoms with van der Waals surface area (Å²) in [6.45, 7) is 4.36. The molecule has 0 radical (unpaired) electrons. The third-order valence-electron chi connectivity index (χ3n) is 5.35. The molecule has 0 amide bonds. The molecule has 2 heterocycles. The molecule has 7 heteroatoms. The van der Waals surface area contributed by atoms with Crippen LogP contribution in [0.1, 0.15) is 57.6 Å². The predicted molar refractivity (Wildman–Crippen MR) is 105 cm³/mol. The Kier molecular flexibility index (Phi) is 5.32. The van der Waals surface area contributed by atoms with Crippen LogP contribution >= 0.6 is 0 Å². The number of hydrogen-bond acceptors (Lipinski definition) is 6. The Labute approximate surface area is 164 Å². The zero-order chi connectivity index (χ0) is 19.5. The minimum Gasteiger partial charge on any atom is -0.494 e.